The number of benzene rings is 2. The lowest BCUT2D eigenvalue weighted by Crippen LogP contribution is -2.03. The summed E-state index contributed by atoms with van der Waals surface area (Å²) in [7, 11) is -0.308. The van der Waals surface area contributed by atoms with E-state index in [1.54, 1.807) is 0 Å². The molecule has 3 rings (SSSR count). The molecule has 1 N–H and O–H groups in total. The van der Waals surface area contributed by atoms with Crippen molar-refractivity contribution in [3.63, 3.8) is 0 Å². The van der Waals surface area contributed by atoms with Crippen LogP contribution < -0.4 is 5.32 Å². The van der Waals surface area contributed by atoms with Crippen LogP contribution in [0.4, 0.5) is 5.82 Å². The number of hydrogen-bond acceptors (Lipinski definition) is 6. The molecule has 0 aliphatic carbocycles. The first-order valence-electron chi connectivity index (χ1n) is 8.49. The van der Waals surface area contributed by atoms with Gasteiger partial charge in [0, 0.05) is 36.2 Å². The average Bonchev–Trinajstić information content (AvgIpc) is 2.69. The number of rotatable bonds is 7. The smallest absolute Gasteiger partial charge is 0.334 e. The summed E-state index contributed by atoms with van der Waals surface area (Å²) in [6, 6.07) is 13.6. The van der Waals surface area contributed by atoms with Crippen molar-refractivity contribution in [1.82, 2.24) is 9.97 Å². The van der Waals surface area contributed by atoms with Crippen molar-refractivity contribution in [2.45, 2.75) is 13.1 Å². The minimum absolute atomic E-state index is 0.218. The van der Waals surface area contributed by atoms with Gasteiger partial charge in [-0.3, -0.25) is 4.57 Å². The largest absolute Gasteiger partial charge is 0.370 e. The first-order valence-corrected chi connectivity index (χ1v) is 11.0. The van der Waals surface area contributed by atoms with E-state index in [2.05, 4.69) is 26.2 Å². The van der Waals surface area contributed by atoms with Crippen LogP contribution in [-0.4, -0.2) is 30.7 Å². The highest BCUT2D eigenvalue weighted by molar-refractivity contribution is 9.10. The van der Waals surface area contributed by atoms with Gasteiger partial charge in [0.25, 0.3) is 0 Å². The number of nitrogens with one attached hydrogen (secondary N) is 1. The van der Waals surface area contributed by atoms with Gasteiger partial charge in [0.15, 0.2) is 5.82 Å². The van der Waals surface area contributed by atoms with Crippen molar-refractivity contribution in [1.29, 1.82) is 0 Å². The molecule has 3 aromatic rings. The predicted molar refractivity (Wildman–Crippen MR) is 112 cm³/mol. The first kappa shape index (κ1) is 20.0. The molecule has 2 aromatic carbocycles. The highest BCUT2D eigenvalue weighted by Gasteiger charge is 2.21. The summed E-state index contributed by atoms with van der Waals surface area (Å²) in [4.78, 5) is 9.38. The van der Waals surface area contributed by atoms with Crippen molar-refractivity contribution in [2.75, 3.05) is 26.1 Å². The second-order valence-corrected chi connectivity index (χ2v) is 9.10. The Morgan fingerprint density at radius 2 is 1.78 bits per heavy atom. The van der Waals surface area contributed by atoms with Crippen molar-refractivity contribution in [2.24, 2.45) is 0 Å². The lowest BCUT2D eigenvalue weighted by molar-refractivity contribution is 0.275. The average molecular weight is 450 g/mol. The zero-order chi connectivity index (χ0) is 19.4. The van der Waals surface area contributed by atoms with E-state index in [-0.39, 0.29) is 6.16 Å². The van der Waals surface area contributed by atoms with Gasteiger partial charge in [0.2, 0.25) is 0 Å². The maximum absolute atomic E-state index is 12.3. The van der Waals surface area contributed by atoms with Gasteiger partial charge in [-0.25, -0.2) is 9.97 Å². The SMILES string of the molecule is CCNc1nc(-c2ccc(CP(=O)(OC)OC)cc2)nc2ccc(Br)cc12. The van der Waals surface area contributed by atoms with Gasteiger partial charge in [-0.15, -0.1) is 0 Å². The number of halogens is 1. The maximum Gasteiger partial charge on any atom is 0.334 e. The number of nitrogens with zero attached hydrogens (tertiary/aromatic N) is 2. The van der Waals surface area contributed by atoms with Crippen LogP contribution in [0.5, 0.6) is 0 Å². The summed E-state index contributed by atoms with van der Waals surface area (Å²) in [6.07, 6.45) is 0.218. The van der Waals surface area contributed by atoms with Gasteiger partial charge >= 0.3 is 7.60 Å². The topological polar surface area (TPSA) is 73.3 Å². The van der Waals surface area contributed by atoms with Crippen molar-refractivity contribution in [3.05, 3.63) is 52.5 Å². The molecule has 142 valence electrons. The molecule has 0 aliphatic rings. The lowest BCUT2D eigenvalue weighted by atomic mass is 10.1. The second kappa shape index (κ2) is 8.48. The molecule has 0 saturated carbocycles. The molecular weight excluding hydrogens is 429 g/mol. The highest BCUT2D eigenvalue weighted by Crippen LogP contribution is 2.49. The van der Waals surface area contributed by atoms with Crippen molar-refractivity contribution < 1.29 is 13.6 Å². The summed E-state index contributed by atoms with van der Waals surface area (Å²) >= 11 is 3.50. The molecule has 6 nitrogen and oxygen atoms in total. The Kier molecular flexibility index (Phi) is 6.27. The van der Waals surface area contributed by atoms with Crippen molar-refractivity contribution >= 4 is 40.2 Å². The lowest BCUT2D eigenvalue weighted by Gasteiger charge is -2.14. The maximum atomic E-state index is 12.3. The Bertz CT molecular complexity index is 987. The number of hydrogen-bond donors (Lipinski definition) is 1. The van der Waals surface area contributed by atoms with E-state index in [9.17, 15) is 4.57 Å². The van der Waals surface area contributed by atoms with Gasteiger partial charge < -0.3 is 14.4 Å². The zero-order valence-electron chi connectivity index (χ0n) is 15.4. The molecule has 1 aromatic heterocycles. The Balaban J connectivity index is 1.97. The van der Waals surface area contributed by atoms with Gasteiger partial charge in [-0.05, 0) is 30.7 Å². The highest BCUT2D eigenvalue weighted by atomic mass is 79.9. The van der Waals surface area contributed by atoms with Crippen LogP contribution >= 0.6 is 23.5 Å². The molecule has 0 aliphatic heterocycles. The molecule has 0 spiro atoms. The van der Waals surface area contributed by atoms with E-state index in [1.807, 2.05) is 49.4 Å². The van der Waals surface area contributed by atoms with Crippen LogP contribution in [0.15, 0.2) is 46.9 Å². The number of anilines is 1. The minimum atomic E-state index is -3.09. The van der Waals surface area contributed by atoms with E-state index in [0.717, 1.165) is 38.9 Å². The summed E-state index contributed by atoms with van der Waals surface area (Å²) in [6.45, 7) is 2.80. The number of fused-ring (bicyclic) bond motifs is 1. The van der Waals surface area contributed by atoms with Crippen molar-refractivity contribution in [3.8, 4) is 11.4 Å². The molecule has 0 fully saturated rings. The van der Waals surface area contributed by atoms with E-state index in [0.29, 0.717) is 5.82 Å². The number of aromatic nitrogens is 2. The first-order chi connectivity index (χ1) is 13.0. The molecule has 1 heterocycles. The van der Waals surface area contributed by atoms with Gasteiger partial charge in [0.05, 0.1) is 11.7 Å². The van der Waals surface area contributed by atoms with Gasteiger partial charge in [-0.1, -0.05) is 40.2 Å². The minimum Gasteiger partial charge on any atom is -0.370 e. The van der Waals surface area contributed by atoms with E-state index in [1.165, 1.54) is 14.2 Å². The molecule has 0 radical (unpaired) electrons. The summed E-state index contributed by atoms with van der Waals surface area (Å²) < 4.78 is 23.3. The van der Waals surface area contributed by atoms with E-state index >= 15 is 0 Å². The van der Waals surface area contributed by atoms with Gasteiger partial charge in [0.1, 0.15) is 5.82 Å². The third kappa shape index (κ3) is 4.55. The third-order valence-corrected chi connectivity index (χ3v) is 6.51. The summed E-state index contributed by atoms with van der Waals surface area (Å²) in [5.41, 5.74) is 2.61. The Hall–Kier alpha value is -1.79. The van der Waals surface area contributed by atoms with Crippen LogP contribution in [0, 0.1) is 0 Å². The van der Waals surface area contributed by atoms with E-state index < -0.39 is 7.60 Å². The Morgan fingerprint density at radius 1 is 1.07 bits per heavy atom. The fraction of sp³-hybridized carbons (Fsp3) is 0.263. The van der Waals surface area contributed by atoms with E-state index in [4.69, 9.17) is 14.0 Å². The quantitative estimate of drug-likeness (QED) is 0.481. The molecule has 8 heteroatoms. The Labute approximate surface area is 167 Å². The van der Waals surface area contributed by atoms with Crippen LogP contribution in [0.1, 0.15) is 12.5 Å². The summed E-state index contributed by atoms with van der Waals surface area (Å²) in [5.74, 6) is 1.43. The zero-order valence-corrected chi connectivity index (χ0v) is 17.9. The fourth-order valence-corrected chi connectivity index (χ4v) is 4.14. The van der Waals surface area contributed by atoms with Crippen LogP contribution in [0.2, 0.25) is 0 Å². The van der Waals surface area contributed by atoms with Gasteiger partial charge in [-0.2, -0.15) is 0 Å². The second-order valence-electron chi connectivity index (χ2n) is 5.92. The monoisotopic (exact) mass is 449 g/mol. The van der Waals surface area contributed by atoms with Crippen LogP contribution in [0.3, 0.4) is 0 Å². The molecule has 0 saturated heterocycles. The molecular formula is C19H21BrN3O3P. The fourth-order valence-electron chi connectivity index (χ4n) is 2.72. The van der Waals surface area contributed by atoms with Crippen LogP contribution in [0.25, 0.3) is 22.3 Å². The van der Waals surface area contributed by atoms with Crippen LogP contribution in [-0.2, 0) is 19.8 Å². The third-order valence-electron chi connectivity index (χ3n) is 4.15. The Morgan fingerprint density at radius 3 is 2.41 bits per heavy atom. The molecule has 0 unspecified atom stereocenters. The normalized spacial score (nSPS) is 11.7. The molecule has 0 amide bonds. The molecule has 27 heavy (non-hydrogen) atoms. The standard InChI is InChI=1S/C19H21BrN3O3P/c1-4-21-19-16-11-15(20)9-10-17(16)22-18(23-19)14-7-5-13(6-8-14)12-27(24,25-2)26-3/h5-11H,4,12H2,1-3H3,(H,21,22,23). The molecule has 0 atom stereocenters. The molecule has 0 bridgehead atoms. The summed E-state index contributed by atoms with van der Waals surface area (Å²) in [5, 5.41) is 4.27. The predicted octanol–water partition coefficient (Wildman–Crippen LogP) is 5.48.